The van der Waals surface area contributed by atoms with Gasteiger partial charge in [0, 0.05) is 18.9 Å². The molecule has 1 rings (SSSR count). The minimum Gasteiger partial charge on any atom is -0.435 e. The van der Waals surface area contributed by atoms with E-state index in [-0.39, 0.29) is 42.5 Å². The van der Waals surface area contributed by atoms with Crippen molar-refractivity contribution >= 4 is 11.8 Å². The van der Waals surface area contributed by atoms with Crippen LogP contribution in [-0.4, -0.2) is 24.5 Å². The molecule has 0 saturated heterocycles. The molecular formula is C17H24F2N2O3. The molecule has 1 aromatic rings. The van der Waals surface area contributed by atoms with Crippen LogP contribution in [0.4, 0.5) is 8.78 Å². The summed E-state index contributed by atoms with van der Waals surface area (Å²) in [4.78, 5) is 23.4. The fourth-order valence-electron chi connectivity index (χ4n) is 2.16. The fraction of sp³-hybridized carbons (Fsp3) is 0.529. The third-order valence-electron chi connectivity index (χ3n) is 3.22. The average Bonchev–Trinajstić information content (AvgIpc) is 2.45. The summed E-state index contributed by atoms with van der Waals surface area (Å²) in [6.07, 6.45) is 0.965. The third-order valence-corrected chi connectivity index (χ3v) is 3.22. The topological polar surface area (TPSA) is 67.4 Å². The Morgan fingerprint density at radius 2 is 1.71 bits per heavy atom. The van der Waals surface area contributed by atoms with E-state index < -0.39 is 6.61 Å². The molecule has 0 bridgehead atoms. The molecule has 0 radical (unpaired) electrons. The highest BCUT2D eigenvalue weighted by Gasteiger charge is 2.12. The van der Waals surface area contributed by atoms with Gasteiger partial charge in [0.15, 0.2) is 0 Å². The van der Waals surface area contributed by atoms with E-state index in [1.807, 2.05) is 13.8 Å². The fourth-order valence-corrected chi connectivity index (χ4v) is 2.16. The molecular weight excluding hydrogens is 318 g/mol. The number of rotatable bonds is 9. The minimum atomic E-state index is -2.89. The number of alkyl halides is 2. The van der Waals surface area contributed by atoms with Crippen molar-refractivity contribution in [2.45, 2.75) is 58.7 Å². The highest BCUT2D eigenvalue weighted by atomic mass is 19.3. The largest absolute Gasteiger partial charge is 0.435 e. The van der Waals surface area contributed by atoms with Crippen LogP contribution in [-0.2, 0) is 9.59 Å². The molecule has 2 amide bonds. The van der Waals surface area contributed by atoms with Crippen LogP contribution in [0.3, 0.4) is 0 Å². The number of ether oxygens (including phenoxy) is 1. The van der Waals surface area contributed by atoms with Gasteiger partial charge >= 0.3 is 6.61 Å². The van der Waals surface area contributed by atoms with Crippen LogP contribution in [0.1, 0.15) is 51.6 Å². The second-order valence-corrected chi connectivity index (χ2v) is 5.82. The molecule has 134 valence electrons. The van der Waals surface area contributed by atoms with Gasteiger partial charge in [-0.05, 0) is 44.9 Å². The van der Waals surface area contributed by atoms with Crippen LogP contribution in [0.2, 0.25) is 0 Å². The highest BCUT2D eigenvalue weighted by Crippen LogP contribution is 2.20. The maximum atomic E-state index is 12.2. The molecule has 0 heterocycles. The van der Waals surface area contributed by atoms with Gasteiger partial charge in [-0.15, -0.1) is 0 Å². The third kappa shape index (κ3) is 7.89. The molecule has 5 nitrogen and oxygen atoms in total. The Morgan fingerprint density at radius 3 is 2.29 bits per heavy atom. The van der Waals surface area contributed by atoms with Gasteiger partial charge in [0.25, 0.3) is 0 Å². The second kappa shape index (κ2) is 9.85. The van der Waals surface area contributed by atoms with Crippen LogP contribution in [0.15, 0.2) is 24.3 Å². The number of nitrogens with one attached hydrogen (secondary N) is 2. The maximum absolute atomic E-state index is 12.2. The standard InChI is InChI=1S/C17H24F2N2O3/c1-11(2)20-15(22)8-5-9-16(23)21-12(3)13-6-4-7-14(10-13)24-17(18)19/h4,6-7,10-12,17H,5,8-9H2,1-3H3,(H,20,22)(H,21,23)/t12-/m0/s1. The molecule has 1 aromatic carbocycles. The molecule has 0 aliphatic rings. The van der Waals surface area contributed by atoms with Gasteiger partial charge in [0.05, 0.1) is 6.04 Å². The number of hydrogen-bond acceptors (Lipinski definition) is 3. The van der Waals surface area contributed by atoms with Gasteiger partial charge in [0.2, 0.25) is 11.8 Å². The average molecular weight is 342 g/mol. The molecule has 1 atom stereocenters. The molecule has 24 heavy (non-hydrogen) atoms. The van der Waals surface area contributed by atoms with Crippen LogP contribution in [0.25, 0.3) is 0 Å². The molecule has 7 heteroatoms. The first-order chi connectivity index (χ1) is 11.3. The predicted octanol–water partition coefficient (Wildman–Crippen LogP) is 3.16. The lowest BCUT2D eigenvalue weighted by Gasteiger charge is -2.15. The summed E-state index contributed by atoms with van der Waals surface area (Å²) >= 11 is 0. The first-order valence-corrected chi connectivity index (χ1v) is 7.91. The van der Waals surface area contributed by atoms with E-state index >= 15 is 0 Å². The zero-order chi connectivity index (χ0) is 18.1. The van der Waals surface area contributed by atoms with Gasteiger partial charge < -0.3 is 15.4 Å². The minimum absolute atomic E-state index is 0.0500. The summed E-state index contributed by atoms with van der Waals surface area (Å²) in [5.74, 6) is -0.225. The molecule has 0 spiro atoms. The van der Waals surface area contributed by atoms with Crippen molar-refractivity contribution in [1.82, 2.24) is 10.6 Å². The number of amides is 2. The first kappa shape index (κ1) is 19.9. The summed E-state index contributed by atoms with van der Waals surface area (Å²) in [5, 5.41) is 5.54. The number of hydrogen-bond donors (Lipinski definition) is 2. The highest BCUT2D eigenvalue weighted by molar-refractivity contribution is 5.79. The summed E-state index contributed by atoms with van der Waals surface area (Å²) in [6.45, 7) is 2.61. The van der Waals surface area contributed by atoms with E-state index in [0.717, 1.165) is 0 Å². The number of carbonyl (C=O) groups is 2. The second-order valence-electron chi connectivity index (χ2n) is 5.82. The first-order valence-electron chi connectivity index (χ1n) is 7.91. The molecule has 0 aliphatic heterocycles. The van der Waals surface area contributed by atoms with Gasteiger partial charge in [0.1, 0.15) is 5.75 Å². The van der Waals surface area contributed by atoms with Crippen molar-refractivity contribution in [2.24, 2.45) is 0 Å². The summed E-state index contributed by atoms with van der Waals surface area (Å²) < 4.78 is 28.8. The van der Waals surface area contributed by atoms with E-state index in [2.05, 4.69) is 15.4 Å². The molecule has 0 unspecified atom stereocenters. The van der Waals surface area contributed by atoms with Crippen molar-refractivity contribution in [3.63, 3.8) is 0 Å². The molecule has 2 N–H and O–H groups in total. The lowest BCUT2D eigenvalue weighted by molar-refractivity contribution is -0.123. The van der Waals surface area contributed by atoms with E-state index in [0.29, 0.717) is 12.0 Å². The molecule has 0 saturated carbocycles. The van der Waals surface area contributed by atoms with Crippen molar-refractivity contribution < 1.29 is 23.1 Å². The lowest BCUT2D eigenvalue weighted by atomic mass is 10.1. The van der Waals surface area contributed by atoms with E-state index in [1.54, 1.807) is 19.1 Å². The number of carbonyl (C=O) groups excluding carboxylic acids is 2. The van der Waals surface area contributed by atoms with Gasteiger partial charge in [-0.3, -0.25) is 9.59 Å². The predicted molar refractivity (Wildman–Crippen MR) is 86.8 cm³/mol. The molecule has 0 fully saturated rings. The summed E-state index contributed by atoms with van der Waals surface area (Å²) in [7, 11) is 0. The zero-order valence-corrected chi connectivity index (χ0v) is 14.1. The number of halogens is 2. The Balaban J connectivity index is 2.42. The molecule has 0 aliphatic carbocycles. The van der Waals surface area contributed by atoms with Crippen LogP contribution >= 0.6 is 0 Å². The maximum Gasteiger partial charge on any atom is 0.387 e. The Bertz CT molecular complexity index is 550. The van der Waals surface area contributed by atoms with Gasteiger partial charge in [-0.2, -0.15) is 8.78 Å². The zero-order valence-electron chi connectivity index (χ0n) is 14.1. The van der Waals surface area contributed by atoms with Crippen molar-refractivity contribution in [3.05, 3.63) is 29.8 Å². The van der Waals surface area contributed by atoms with Crippen LogP contribution in [0.5, 0.6) is 5.75 Å². The van der Waals surface area contributed by atoms with Crippen LogP contribution < -0.4 is 15.4 Å². The Kier molecular flexibility index (Phi) is 8.15. The van der Waals surface area contributed by atoms with Crippen molar-refractivity contribution in [2.75, 3.05) is 0 Å². The summed E-state index contributed by atoms with van der Waals surface area (Å²) in [5.41, 5.74) is 0.666. The quantitative estimate of drug-likeness (QED) is 0.724. The van der Waals surface area contributed by atoms with Gasteiger partial charge in [-0.25, -0.2) is 0 Å². The molecule has 0 aromatic heterocycles. The Hall–Kier alpha value is -2.18. The van der Waals surface area contributed by atoms with E-state index in [4.69, 9.17) is 0 Å². The monoisotopic (exact) mass is 342 g/mol. The SMILES string of the molecule is CC(C)NC(=O)CCCC(=O)N[C@@H](C)c1cccc(OC(F)F)c1. The normalized spacial score (nSPS) is 12.1. The van der Waals surface area contributed by atoms with Crippen LogP contribution in [0, 0.1) is 0 Å². The van der Waals surface area contributed by atoms with Gasteiger partial charge in [-0.1, -0.05) is 12.1 Å². The smallest absolute Gasteiger partial charge is 0.387 e. The van der Waals surface area contributed by atoms with Crippen molar-refractivity contribution in [1.29, 1.82) is 0 Å². The van der Waals surface area contributed by atoms with E-state index in [9.17, 15) is 18.4 Å². The summed E-state index contributed by atoms with van der Waals surface area (Å²) in [6, 6.07) is 5.94. The Labute approximate surface area is 140 Å². The van der Waals surface area contributed by atoms with Crippen molar-refractivity contribution in [3.8, 4) is 5.75 Å². The number of benzene rings is 1. The lowest BCUT2D eigenvalue weighted by Crippen LogP contribution is -2.30. The van der Waals surface area contributed by atoms with E-state index in [1.165, 1.54) is 12.1 Å². The Morgan fingerprint density at radius 1 is 1.08 bits per heavy atom.